The van der Waals surface area contributed by atoms with Gasteiger partial charge in [0.2, 0.25) is 5.91 Å². The van der Waals surface area contributed by atoms with E-state index >= 15 is 0 Å². The van der Waals surface area contributed by atoms with Crippen LogP contribution in [0.3, 0.4) is 0 Å². The molecule has 104 valence electrons. The van der Waals surface area contributed by atoms with Gasteiger partial charge in [-0.2, -0.15) is 5.10 Å². The molecule has 1 N–H and O–H groups in total. The zero-order valence-electron chi connectivity index (χ0n) is 11.5. The van der Waals surface area contributed by atoms with Crippen molar-refractivity contribution in [2.45, 2.75) is 51.9 Å². The van der Waals surface area contributed by atoms with Gasteiger partial charge in [-0.05, 0) is 31.4 Å². The molecule has 0 unspecified atom stereocenters. The molecule has 0 atom stereocenters. The fourth-order valence-corrected chi connectivity index (χ4v) is 2.55. The van der Waals surface area contributed by atoms with Crippen molar-refractivity contribution in [3.63, 3.8) is 0 Å². The van der Waals surface area contributed by atoms with Gasteiger partial charge in [-0.3, -0.25) is 4.79 Å². The van der Waals surface area contributed by atoms with E-state index in [9.17, 15) is 4.79 Å². The maximum absolute atomic E-state index is 11.7. The van der Waals surface area contributed by atoms with Crippen LogP contribution in [0, 0.1) is 5.92 Å². The summed E-state index contributed by atoms with van der Waals surface area (Å²) >= 11 is 0. The fourth-order valence-electron chi connectivity index (χ4n) is 2.55. The van der Waals surface area contributed by atoms with E-state index in [-0.39, 0.29) is 5.91 Å². The standard InChI is InChI=1S/C15H22N2O2/c1-12(14-8-5-11-19-14)16-17-15(18)10-9-13-6-3-2-4-7-13/h5,8,11,13H,2-4,6-7,9-10H2,1H3,(H,17,18)/b16-12+. The van der Waals surface area contributed by atoms with Crippen molar-refractivity contribution < 1.29 is 9.21 Å². The Hall–Kier alpha value is -1.58. The van der Waals surface area contributed by atoms with Crippen LogP contribution in [-0.4, -0.2) is 11.6 Å². The van der Waals surface area contributed by atoms with Gasteiger partial charge in [0.05, 0.1) is 6.26 Å². The Morgan fingerprint density at radius 1 is 1.42 bits per heavy atom. The Balaban J connectivity index is 1.70. The summed E-state index contributed by atoms with van der Waals surface area (Å²) in [6, 6.07) is 3.63. The van der Waals surface area contributed by atoms with Crippen LogP contribution in [-0.2, 0) is 4.79 Å². The zero-order chi connectivity index (χ0) is 13.5. The second-order valence-corrected chi connectivity index (χ2v) is 5.25. The van der Waals surface area contributed by atoms with Gasteiger partial charge in [-0.25, -0.2) is 5.43 Å². The maximum atomic E-state index is 11.7. The second kappa shape index (κ2) is 7.12. The first-order chi connectivity index (χ1) is 9.25. The van der Waals surface area contributed by atoms with Crippen LogP contribution in [0.4, 0.5) is 0 Å². The molecule has 4 nitrogen and oxygen atoms in total. The lowest BCUT2D eigenvalue weighted by atomic mass is 9.86. The van der Waals surface area contributed by atoms with Crippen LogP contribution in [0.15, 0.2) is 27.9 Å². The molecule has 0 aliphatic heterocycles. The molecule has 2 rings (SSSR count). The molecule has 0 bridgehead atoms. The SMILES string of the molecule is C/C(=N\NC(=O)CCC1CCCCC1)c1ccco1. The van der Waals surface area contributed by atoms with Gasteiger partial charge in [0.25, 0.3) is 0 Å². The lowest BCUT2D eigenvalue weighted by Gasteiger charge is -2.20. The normalized spacial score (nSPS) is 17.4. The molecule has 0 saturated heterocycles. The molecule has 1 aliphatic carbocycles. The topological polar surface area (TPSA) is 54.6 Å². The highest BCUT2D eigenvalue weighted by atomic mass is 16.3. The summed E-state index contributed by atoms with van der Waals surface area (Å²) < 4.78 is 5.20. The van der Waals surface area contributed by atoms with Gasteiger partial charge in [-0.1, -0.05) is 32.1 Å². The molecule has 1 saturated carbocycles. The molecule has 1 heterocycles. The van der Waals surface area contributed by atoms with Gasteiger partial charge in [0, 0.05) is 6.42 Å². The van der Waals surface area contributed by atoms with Crippen molar-refractivity contribution >= 4 is 11.6 Å². The van der Waals surface area contributed by atoms with Crippen molar-refractivity contribution in [2.24, 2.45) is 11.0 Å². The van der Waals surface area contributed by atoms with E-state index in [1.807, 2.05) is 13.0 Å². The van der Waals surface area contributed by atoms with E-state index < -0.39 is 0 Å². The lowest BCUT2D eigenvalue weighted by molar-refractivity contribution is -0.121. The molecule has 4 heteroatoms. The van der Waals surface area contributed by atoms with E-state index in [2.05, 4.69) is 10.5 Å². The predicted molar refractivity (Wildman–Crippen MR) is 74.9 cm³/mol. The molecule has 0 radical (unpaired) electrons. The minimum Gasteiger partial charge on any atom is -0.463 e. The van der Waals surface area contributed by atoms with Crippen LogP contribution < -0.4 is 5.43 Å². The van der Waals surface area contributed by atoms with Crippen LogP contribution in [0.2, 0.25) is 0 Å². The molecule has 0 spiro atoms. The average molecular weight is 262 g/mol. The average Bonchev–Trinajstić information content (AvgIpc) is 2.98. The summed E-state index contributed by atoms with van der Waals surface area (Å²) in [6.07, 6.45) is 9.71. The van der Waals surface area contributed by atoms with E-state index in [4.69, 9.17) is 4.42 Å². The first-order valence-corrected chi connectivity index (χ1v) is 7.12. The molecule has 0 aromatic carbocycles. The lowest BCUT2D eigenvalue weighted by Crippen LogP contribution is -2.20. The monoisotopic (exact) mass is 262 g/mol. The molecule has 19 heavy (non-hydrogen) atoms. The first-order valence-electron chi connectivity index (χ1n) is 7.12. The summed E-state index contributed by atoms with van der Waals surface area (Å²) in [5.41, 5.74) is 3.29. The Morgan fingerprint density at radius 2 is 2.21 bits per heavy atom. The Bertz CT molecular complexity index is 417. The maximum Gasteiger partial charge on any atom is 0.240 e. The summed E-state index contributed by atoms with van der Waals surface area (Å²) in [5.74, 6) is 1.42. The third kappa shape index (κ3) is 4.54. The summed E-state index contributed by atoms with van der Waals surface area (Å²) in [7, 11) is 0. The highest BCUT2D eigenvalue weighted by molar-refractivity contribution is 5.96. The van der Waals surface area contributed by atoms with E-state index in [0.717, 1.165) is 12.3 Å². The van der Waals surface area contributed by atoms with Gasteiger partial charge >= 0.3 is 0 Å². The quantitative estimate of drug-likeness (QED) is 0.652. The van der Waals surface area contributed by atoms with Gasteiger partial charge in [-0.15, -0.1) is 0 Å². The Labute approximate surface area is 114 Å². The van der Waals surface area contributed by atoms with Crippen molar-refractivity contribution in [1.29, 1.82) is 0 Å². The highest BCUT2D eigenvalue weighted by Gasteiger charge is 2.14. The first kappa shape index (κ1) is 13.8. The summed E-state index contributed by atoms with van der Waals surface area (Å²) in [4.78, 5) is 11.7. The Morgan fingerprint density at radius 3 is 2.89 bits per heavy atom. The van der Waals surface area contributed by atoms with Crippen molar-refractivity contribution in [3.05, 3.63) is 24.2 Å². The molecule has 1 amide bonds. The van der Waals surface area contributed by atoms with Crippen LogP contribution in [0.5, 0.6) is 0 Å². The summed E-state index contributed by atoms with van der Waals surface area (Å²) in [5, 5.41) is 4.05. The number of hydrazone groups is 1. The molecular weight excluding hydrogens is 240 g/mol. The smallest absolute Gasteiger partial charge is 0.240 e. The van der Waals surface area contributed by atoms with Crippen molar-refractivity contribution in [2.75, 3.05) is 0 Å². The third-order valence-electron chi connectivity index (χ3n) is 3.73. The summed E-state index contributed by atoms with van der Waals surface area (Å²) in [6.45, 7) is 1.82. The third-order valence-corrected chi connectivity index (χ3v) is 3.73. The van der Waals surface area contributed by atoms with Crippen molar-refractivity contribution in [1.82, 2.24) is 5.43 Å². The minimum atomic E-state index is -0.00326. The van der Waals surface area contributed by atoms with Crippen LogP contribution >= 0.6 is 0 Å². The largest absolute Gasteiger partial charge is 0.463 e. The number of nitrogens with zero attached hydrogens (tertiary/aromatic N) is 1. The van der Waals surface area contributed by atoms with Crippen molar-refractivity contribution in [3.8, 4) is 0 Å². The highest BCUT2D eigenvalue weighted by Crippen LogP contribution is 2.27. The van der Waals surface area contributed by atoms with Crippen LogP contribution in [0.25, 0.3) is 0 Å². The second-order valence-electron chi connectivity index (χ2n) is 5.25. The van der Waals surface area contributed by atoms with Gasteiger partial charge < -0.3 is 4.42 Å². The number of rotatable bonds is 5. The number of amides is 1. The zero-order valence-corrected chi connectivity index (χ0v) is 11.5. The number of carbonyl (C=O) groups is 1. The van der Waals surface area contributed by atoms with E-state index in [1.54, 1.807) is 12.3 Å². The minimum absolute atomic E-state index is 0.00326. The molecule has 1 aromatic heterocycles. The van der Waals surface area contributed by atoms with Gasteiger partial charge in [0.1, 0.15) is 11.5 Å². The Kier molecular flexibility index (Phi) is 5.19. The number of carbonyl (C=O) groups excluding carboxylic acids is 1. The molecule has 1 aromatic rings. The number of nitrogens with one attached hydrogen (secondary N) is 1. The predicted octanol–water partition coefficient (Wildman–Crippen LogP) is 3.48. The fraction of sp³-hybridized carbons (Fsp3) is 0.600. The van der Waals surface area contributed by atoms with Crippen LogP contribution in [0.1, 0.15) is 57.6 Å². The van der Waals surface area contributed by atoms with E-state index in [1.165, 1.54) is 32.1 Å². The number of hydrogen-bond donors (Lipinski definition) is 1. The molecular formula is C15H22N2O2. The molecule has 1 fully saturated rings. The van der Waals surface area contributed by atoms with E-state index in [0.29, 0.717) is 17.9 Å². The molecule has 1 aliphatic rings. The number of hydrogen-bond acceptors (Lipinski definition) is 3. The number of furan rings is 1. The van der Waals surface area contributed by atoms with Gasteiger partial charge in [0.15, 0.2) is 0 Å².